The van der Waals surface area contributed by atoms with Crippen molar-refractivity contribution < 1.29 is 22.9 Å². The van der Waals surface area contributed by atoms with Crippen LogP contribution in [0, 0.1) is 10.1 Å². The van der Waals surface area contributed by atoms with Crippen LogP contribution in [0.2, 0.25) is 0 Å². The van der Waals surface area contributed by atoms with Gasteiger partial charge in [-0.05, 0) is 39.7 Å². The maximum Gasteiger partial charge on any atom is 0.407 e. The smallest absolute Gasteiger partial charge is 0.407 e. The van der Waals surface area contributed by atoms with E-state index < -0.39 is 32.7 Å². The number of hydrogen-bond acceptors (Lipinski definition) is 8. The highest BCUT2D eigenvalue weighted by Crippen LogP contribution is 2.32. The number of alkyl carbamates (subject to hydrolysis) is 1. The Kier molecular flexibility index (Phi) is 8.33. The number of aromatic nitrogens is 1. The molecule has 0 spiro atoms. The zero-order valence-corrected chi connectivity index (χ0v) is 19.4. The lowest BCUT2D eigenvalue weighted by molar-refractivity contribution is -0.384. The van der Waals surface area contributed by atoms with Gasteiger partial charge >= 0.3 is 11.8 Å². The SMILES string of the molecule is CC(C)(C)OC(=O)NCCC[C@@H](CNS(C)(=O)=O)Nc1c([N+](=O)[O-])cnc2ccccc12. The highest BCUT2D eigenvalue weighted by molar-refractivity contribution is 7.88. The average molecular weight is 468 g/mol. The zero-order chi connectivity index (χ0) is 23.9. The Morgan fingerprint density at radius 3 is 2.59 bits per heavy atom. The van der Waals surface area contributed by atoms with Gasteiger partial charge in [0.1, 0.15) is 17.5 Å². The number of hydrogen-bond donors (Lipinski definition) is 3. The van der Waals surface area contributed by atoms with Crippen LogP contribution >= 0.6 is 0 Å². The van der Waals surface area contributed by atoms with Gasteiger partial charge in [0.05, 0.1) is 16.7 Å². The molecule has 12 heteroatoms. The maximum absolute atomic E-state index is 11.8. The minimum absolute atomic E-state index is 0.0130. The Balaban J connectivity index is 2.16. The van der Waals surface area contributed by atoms with E-state index in [9.17, 15) is 23.3 Å². The molecule has 1 heterocycles. The van der Waals surface area contributed by atoms with Gasteiger partial charge in [-0.25, -0.2) is 22.9 Å². The fourth-order valence-corrected chi connectivity index (χ4v) is 3.46. The van der Waals surface area contributed by atoms with Gasteiger partial charge in [-0.3, -0.25) is 10.1 Å². The molecule has 0 radical (unpaired) electrons. The highest BCUT2D eigenvalue weighted by atomic mass is 32.2. The van der Waals surface area contributed by atoms with Crippen molar-refractivity contribution in [1.82, 2.24) is 15.0 Å². The first-order valence-corrected chi connectivity index (χ1v) is 11.9. The summed E-state index contributed by atoms with van der Waals surface area (Å²) in [5.41, 5.74) is 0.0116. The fourth-order valence-electron chi connectivity index (χ4n) is 2.96. The Morgan fingerprint density at radius 2 is 1.97 bits per heavy atom. The molecule has 0 saturated carbocycles. The van der Waals surface area contributed by atoms with E-state index in [2.05, 4.69) is 20.3 Å². The van der Waals surface area contributed by atoms with Crippen LogP contribution in [0.25, 0.3) is 10.9 Å². The summed E-state index contributed by atoms with van der Waals surface area (Å²) >= 11 is 0. The maximum atomic E-state index is 11.8. The van der Waals surface area contributed by atoms with E-state index in [4.69, 9.17) is 4.74 Å². The zero-order valence-electron chi connectivity index (χ0n) is 18.5. The number of rotatable bonds is 10. The number of fused-ring (bicyclic) bond motifs is 1. The molecule has 0 unspecified atom stereocenters. The van der Waals surface area contributed by atoms with Crippen molar-refractivity contribution in [2.45, 2.75) is 45.3 Å². The van der Waals surface area contributed by atoms with Crippen LogP contribution in [0.3, 0.4) is 0 Å². The number of carbonyl (C=O) groups is 1. The molecule has 176 valence electrons. The van der Waals surface area contributed by atoms with Gasteiger partial charge < -0.3 is 15.4 Å². The normalized spacial score (nSPS) is 12.9. The van der Waals surface area contributed by atoms with Gasteiger partial charge in [0.25, 0.3) is 0 Å². The number of ether oxygens (including phenoxy) is 1. The molecule has 1 atom stereocenters. The molecule has 0 aliphatic heterocycles. The summed E-state index contributed by atoms with van der Waals surface area (Å²) in [6.45, 7) is 5.59. The monoisotopic (exact) mass is 467 g/mol. The Bertz CT molecular complexity index is 1070. The number of amides is 1. The molecule has 11 nitrogen and oxygen atoms in total. The summed E-state index contributed by atoms with van der Waals surface area (Å²) in [6, 6.07) is 6.49. The number of sulfonamides is 1. The van der Waals surface area contributed by atoms with Crippen LogP contribution in [-0.2, 0) is 14.8 Å². The number of nitrogens with one attached hydrogen (secondary N) is 3. The van der Waals surface area contributed by atoms with Crippen molar-refractivity contribution in [1.29, 1.82) is 0 Å². The van der Waals surface area contributed by atoms with Crippen molar-refractivity contribution in [2.24, 2.45) is 0 Å². The van der Waals surface area contributed by atoms with E-state index in [0.29, 0.717) is 30.3 Å². The van der Waals surface area contributed by atoms with E-state index in [1.807, 2.05) is 0 Å². The molecule has 1 aromatic heterocycles. The van der Waals surface area contributed by atoms with Gasteiger partial charge in [-0.15, -0.1) is 0 Å². The Labute approximate surface area is 187 Å². The quantitative estimate of drug-likeness (QED) is 0.274. The summed E-state index contributed by atoms with van der Waals surface area (Å²) in [5, 5.41) is 17.9. The Morgan fingerprint density at radius 1 is 1.28 bits per heavy atom. The first-order chi connectivity index (χ1) is 14.9. The lowest BCUT2D eigenvalue weighted by atomic mass is 10.1. The van der Waals surface area contributed by atoms with Crippen LogP contribution < -0.4 is 15.4 Å². The van der Waals surface area contributed by atoms with Crippen LogP contribution in [0.4, 0.5) is 16.2 Å². The number of pyridine rings is 1. The van der Waals surface area contributed by atoms with Crippen molar-refractivity contribution in [3.8, 4) is 0 Å². The fraction of sp³-hybridized carbons (Fsp3) is 0.500. The van der Waals surface area contributed by atoms with Gasteiger partial charge in [-0.1, -0.05) is 18.2 Å². The largest absolute Gasteiger partial charge is 0.444 e. The molecule has 0 fully saturated rings. The topological polar surface area (TPSA) is 153 Å². The minimum Gasteiger partial charge on any atom is -0.444 e. The van der Waals surface area contributed by atoms with E-state index in [0.717, 1.165) is 6.26 Å². The van der Waals surface area contributed by atoms with Gasteiger partial charge in [0.2, 0.25) is 10.0 Å². The molecular weight excluding hydrogens is 438 g/mol. The third kappa shape index (κ3) is 8.27. The van der Waals surface area contributed by atoms with Gasteiger partial charge in [0, 0.05) is 24.5 Å². The second kappa shape index (κ2) is 10.6. The van der Waals surface area contributed by atoms with Crippen LogP contribution in [0.5, 0.6) is 0 Å². The molecule has 2 rings (SSSR count). The number of para-hydroxylation sites is 1. The van der Waals surface area contributed by atoms with E-state index >= 15 is 0 Å². The lowest BCUT2D eigenvalue weighted by Crippen LogP contribution is -2.37. The second-order valence-corrected chi connectivity index (χ2v) is 10.2. The number of anilines is 1. The molecule has 1 amide bonds. The molecule has 0 aliphatic rings. The molecule has 2 aromatic rings. The van der Waals surface area contributed by atoms with Gasteiger partial charge in [-0.2, -0.15) is 0 Å². The van der Waals surface area contributed by atoms with Crippen LogP contribution in [-0.4, -0.2) is 55.4 Å². The summed E-state index contributed by atoms with van der Waals surface area (Å²) < 4.78 is 30.8. The molecule has 0 bridgehead atoms. The standard InChI is InChI=1S/C20H29N5O6S/c1-20(2,3)31-19(26)21-11-7-8-14(12-23-32(4,29)30)24-18-15-9-5-6-10-16(15)22-13-17(18)25(27)28/h5-6,9-10,13-14,23H,7-8,11-12H2,1-4H3,(H,21,26)(H,22,24)/t14-/m0/s1. The van der Waals surface area contributed by atoms with Crippen LogP contribution in [0.1, 0.15) is 33.6 Å². The minimum atomic E-state index is -3.47. The third-order valence-corrected chi connectivity index (χ3v) is 4.98. The van der Waals surface area contributed by atoms with Gasteiger partial charge in [0.15, 0.2) is 0 Å². The molecule has 1 aromatic carbocycles. The van der Waals surface area contributed by atoms with Crippen molar-refractivity contribution in [3.05, 3.63) is 40.6 Å². The van der Waals surface area contributed by atoms with Crippen LogP contribution in [0.15, 0.2) is 30.5 Å². The summed E-state index contributed by atoms with van der Waals surface area (Å²) in [6.07, 6.45) is 2.58. The predicted octanol–water partition coefficient (Wildman–Crippen LogP) is 2.78. The van der Waals surface area contributed by atoms with E-state index in [1.54, 1.807) is 45.0 Å². The number of benzene rings is 1. The summed E-state index contributed by atoms with van der Waals surface area (Å²) in [4.78, 5) is 27.0. The van der Waals surface area contributed by atoms with Crippen molar-refractivity contribution in [3.63, 3.8) is 0 Å². The second-order valence-electron chi connectivity index (χ2n) is 8.33. The highest BCUT2D eigenvalue weighted by Gasteiger charge is 2.22. The number of carbonyl (C=O) groups excluding carboxylic acids is 1. The summed E-state index contributed by atoms with van der Waals surface area (Å²) in [5.74, 6) is 0. The lowest BCUT2D eigenvalue weighted by Gasteiger charge is -2.22. The average Bonchev–Trinajstić information content (AvgIpc) is 2.67. The molecule has 3 N–H and O–H groups in total. The predicted molar refractivity (Wildman–Crippen MR) is 122 cm³/mol. The van der Waals surface area contributed by atoms with Crippen molar-refractivity contribution >= 4 is 38.4 Å². The van der Waals surface area contributed by atoms with Crippen molar-refractivity contribution in [2.75, 3.05) is 24.7 Å². The van der Waals surface area contributed by atoms with E-state index in [-0.39, 0.29) is 17.9 Å². The third-order valence-electron chi connectivity index (χ3n) is 4.29. The molecule has 32 heavy (non-hydrogen) atoms. The Hall–Kier alpha value is -2.99. The molecule has 0 aliphatic carbocycles. The molecule has 0 saturated heterocycles. The van der Waals surface area contributed by atoms with E-state index in [1.165, 1.54) is 6.20 Å². The number of nitrogens with zero attached hydrogens (tertiary/aromatic N) is 2. The number of nitro groups is 1. The summed E-state index contributed by atoms with van der Waals surface area (Å²) in [7, 11) is -3.47. The molecular formula is C20H29N5O6S. The first-order valence-electron chi connectivity index (χ1n) is 10.1. The first kappa shape index (κ1) is 25.3.